The van der Waals surface area contributed by atoms with Crippen molar-refractivity contribution in [3.8, 4) is 0 Å². The van der Waals surface area contributed by atoms with Gasteiger partial charge in [-0.1, -0.05) is 39.0 Å². The van der Waals surface area contributed by atoms with E-state index in [1.165, 1.54) is 12.1 Å². The molecule has 1 unspecified atom stereocenters. The van der Waals surface area contributed by atoms with E-state index in [0.29, 0.717) is 24.3 Å². The highest BCUT2D eigenvalue weighted by Crippen LogP contribution is 2.25. The lowest BCUT2D eigenvalue weighted by Gasteiger charge is -2.14. The molecule has 0 aliphatic heterocycles. The van der Waals surface area contributed by atoms with E-state index in [1.807, 2.05) is 19.1 Å². The first kappa shape index (κ1) is 16.6. The van der Waals surface area contributed by atoms with Gasteiger partial charge in [0, 0.05) is 0 Å². The summed E-state index contributed by atoms with van der Waals surface area (Å²) < 4.78 is 40.1. The third-order valence-electron chi connectivity index (χ3n) is 4.10. The van der Waals surface area contributed by atoms with Gasteiger partial charge in [-0.05, 0) is 59.6 Å². The first-order chi connectivity index (χ1) is 10.4. The highest BCUT2D eigenvalue weighted by atomic mass is 19.2. The van der Waals surface area contributed by atoms with E-state index < -0.39 is 11.6 Å². The van der Waals surface area contributed by atoms with E-state index in [2.05, 4.69) is 13.8 Å². The Kier molecular flexibility index (Phi) is 5.28. The molecular weight excluding hydrogens is 285 g/mol. The van der Waals surface area contributed by atoms with Gasteiger partial charge in [-0.2, -0.15) is 0 Å². The molecular formula is C19H21F3. The standard InChI is InChI=1S/C19H21F3/c1-12(2)14-6-8-17(20)16(10-14)5-4-13(3)15-7-9-18(21)19(22)11-15/h6-13H,4-5H2,1-3H3. The molecule has 118 valence electrons. The van der Waals surface area contributed by atoms with Gasteiger partial charge in [-0.3, -0.25) is 0 Å². The average Bonchev–Trinajstić information content (AvgIpc) is 2.48. The quantitative estimate of drug-likeness (QED) is 0.639. The second-order valence-electron chi connectivity index (χ2n) is 6.12. The van der Waals surface area contributed by atoms with Crippen LogP contribution in [0.25, 0.3) is 0 Å². The van der Waals surface area contributed by atoms with Crippen molar-refractivity contribution in [1.82, 2.24) is 0 Å². The van der Waals surface area contributed by atoms with Crippen LogP contribution >= 0.6 is 0 Å². The summed E-state index contributed by atoms with van der Waals surface area (Å²) in [4.78, 5) is 0. The first-order valence-corrected chi connectivity index (χ1v) is 7.61. The second kappa shape index (κ2) is 6.99. The highest BCUT2D eigenvalue weighted by Gasteiger charge is 2.12. The fraction of sp³-hybridized carbons (Fsp3) is 0.368. The van der Waals surface area contributed by atoms with Crippen LogP contribution in [0.5, 0.6) is 0 Å². The summed E-state index contributed by atoms with van der Waals surface area (Å²) in [6.45, 7) is 6.08. The van der Waals surface area contributed by atoms with Crippen molar-refractivity contribution >= 4 is 0 Å². The van der Waals surface area contributed by atoms with Crippen LogP contribution in [0.2, 0.25) is 0 Å². The minimum Gasteiger partial charge on any atom is -0.207 e. The number of halogens is 3. The monoisotopic (exact) mass is 306 g/mol. The SMILES string of the molecule is CC(C)c1ccc(F)c(CCC(C)c2ccc(F)c(F)c2)c1. The molecule has 0 spiro atoms. The Hall–Kier alpha value is -1.77. The van der Waals surface area contributed by atoms with E-state index in [4.69, 9.17) is 0 Å². The minimum absolute atomic E-state index is 0.0391. The number of hydrogen-bond acceptors (Lipinski definition) is 0. The molecule has 2 rings (SSSR count). The topological polar surface area (TPSA) is 0 Å². The Labute approximate surface area is 130 Å². The number of hydrogen-bond donors (Lipinski definition) is 0. The zero-order valence-corrected chi connectivity index (χ0v) is 13.2. The summed E-state index contributed by atoms with van der Waals surface area (Å²) in [7, 11) is 0. The molecule has 2 aromatic rings. The Bertz CT molecular complexity index is 647. The van der Waals surface area contributed by atoms with Crippen molar-refractivity contribution in [3.05, 3.63) is 70.5 Å². The van der Waals surface area contributed by atoms with Crippen LogP contribution in [0.15, 0.2) is 36.4 Å². The summed E-state index contributed by atoms with van der Waals surface area (Å²) >= 11 is 0. The van der Waals surface area contributed by atoms with E-state index in [0.717, 1.165) is 17.2 Å². The van der Waals surface area contributed by atoms with Gasteiger partial charge < -0.3 is 0 Å². The maximum Gasteiger partial charge on any atom is 0.159 e. The molecule has 0 fully saturated rings. The van der Waals surface area contributed by atoms with E-state index in [9.17, 15) is 13.2 Å². The van der Waals surface area contributed by atoms with Crippen LogP contribution in [0.1, 0.15) is 55.7 Å². The molecule has 0 aliphatic carbocycles. The zero-order valence-electron chi connectivity index (χ0n) is 13.2. The van der Waals surface area contributed by atoms with Gasteiger partial charge in [0.15, 0.2) is 11.6 Å². The van der Waals surface area contributed by atoms with Crippen LogP contribution in [-0.2, 0) is 6.42 Å². The lowest BCUT2D eigenvalue weighted by Crippen LogP contribution is -2.01. The van der Waals surface area contributed by atoms with Crippen LogP contribution in [-0.4, -0.2) is 0 Å². The van der Waals surface area contributed by atoms with Crippen molar-refractivity contribution in [3.63, 3.8) is 0 Å². The smallest absolute Gasteiger partial charge is 0.159 e. The molecule has 0 aromatic heterocycles. The Morgan fingerprint density at radius 3 is 2.05 bits per heavy atom. The zero-order chi connectivity index (χ0) is 16.3. The molecule has 0 radical (unpaired) electrons. The molecule has 0 heterocycles. The van der Waals surface area contributed by atoms with E-state index in [-0.39, 0.29) is 11.7 Å². The van der Waals surface area contributed by atoms with Crippen molar-refractivity contribution < 1.29 is 13.2 Å². The van der Waals surface area contributed by atoms with E-state index >= 15 is 0 Å². The van der Waals surface area contributed by atoms with Gasteiger partial charge in [-0.15, -0.1) is 0 Å². The summed E-state index contributed by atoms with van der Waals surface area (Å²) in [6, 6.07) is 9.17. The predicted molar refractivity (Wildman–Crippen MR) is 83.6 cm³/mol. The summed E-state index contributed by atoms with van der Waals surface area (Å²) in [5.41, 5.74) is 2.52. The summed E-state index contributed by atoms with van der Waals surface area (Å²) in [5.74, 6) is -1.49. The van der Waals surface area contributed by atoms with Gasteiger partial charge in [0.1, 0.15) is 5.82 Å². The van der Waals surface area contributed by atoms with Gasteiger partial charge >= 0.3 is 0 Å². The maximum atomic E-state index is 13.9. The molecule has 1 atom stereocenters. The third kappa shape index (κ3) is 3.90. The Balaban J connectivity index is 2.08. The van der Waals surface area contributed by atoms with Gasteiger partial charge in [0.2, 0.25) is 0 Å². The normalized spacial score (nSPS) is 12.7. The van der Waals surface area contributed by atoms with Crippen LogP contribution in [0.3, 0.4) is 0 Å². The second-order valence-corrected chi connectivity index (χ2v) is 6.12. The fourth-order valence-corrected chi connectivity index (χ4v) is 2.50. The summed E-state index contributed by atoms with van der Waals surface area (Å²) in [5, 5.41) is 0. The van der Waals surface area contributed by atoms with Gasteiger partial charge in [0.05, 0.1) is 0 Å². The van der Waals surface area contributed by atoms with Crippen molar-refractivity contribution in [1.29, 1.82) is 0 Å². The largest absolute Gasteiger partial charge is 0.207 e. The molecule has 0 saturated carbocycles. The molecule has 0 nitrogen and oxygen atoms in total. The molecule has 22 heavy (non-hydrogen) atoms. The fourth-order valence-electron chi connectivity index (χ4n) is 2.50. The van der Waals surface area contributed by atoms with Crippen LogP contribution < -0.4 is 0 Å². The average molecular weight is 306 g/mol. The number of benzene rings is 2. The van der Waals surface area contributed by atoms with Gasteiger partial charge in [-0.25, -0.2) is 13.2 Å². The number of aryl methyl sites for hydroxylation is 1. The third-order valence-corrected chi connectivity index (χ3v) is 4.10. The molecule has 0 aliphatic rings. The van der Waals surface area contributed by atoms with E-state index in [1.54, 1.807) is 6.07 Å². The summed E-state index contributed by atoms with van der Waals surface area (Å²) in [6.07, 6.45) is 1.26. The lowest BCUT2D eigenvalue weighted by molar-refractivity contribution is 0.504. The molecule has 0 N–H and O–H groups in total. The molecule has 3 heteroatoms. The molecule has 0 amide bonds. The highest BCUT2D eigenvalue weighted by molar-refractivity contribution is 5.28. The van der Waals surface area contributed by atoms with Gasteiger partial charge in [0.25, 0.3) is 0 Å². The van der Waals surface area contributed by atoms with Crippen molar-refractivity contribution in [2.45, 2.75) is 45.4 Å². The molecule has 2 aromatic carbocycles. The maximum absolute atomic E-state index is 13.9. The first-order valence-electron chi connectivity index (χ1n) is 7.61. The Morgan fingerprint density at radius 2 is 1.41 bits per heavy atom. The lowest BCUT2D eigenvalue weighted by atomic mass is 9.92. The molecule has 0 saturated heterocycles. The van der Waals surface area contributed by atoms with Crippen molar-refractivity contribution in [2.24, 2.45) is 0 Å². The van der Waals surface area contributed by atoms with Crippen LogP contribution in [0.4, 0.5) is 13.2 Å². The molecule has 0 bridgehead atoms. The van der Waals surface area contributed by atoms with Crippen LogP contribution in [0, 0.1) is 17.5 Å². The Morgan fingerprint density at radius 1 is 0.773 bits per heavy atom. The number of rotatable bonds is 5. The predicted octanol–water partition coefficient (Wildman–Crippen LogP) is 5.96. The minimum atomic E-state index is -0.841. The van der Waals surface area contributed by atoms with Crippen molar-refractivity contribution in [2.75, 3.05) is 0 Å².